The normalized spacial score (nSPS) is 25.4. The van der Waals surface area contributed by atoms with Crippen molar-refractivity contribution in [2.75, 3.05) is 5.32 Å². The molecule has 184 valence electrons. The van der Waals surface area contributed by atoms with Crippen molar-refractivity contribution in [3.8, 4) is 0 Å². The fraction of sp³-hybridized carbons (Fsp3) is 0.276. The summed E-state index contributed by atoms with van der Waals surface area (Å²) < 4.78 is 0. The fourth-order valence-corrected chi connectivity index (χ4v) is 6.08. The molecule has 1 aliphatic heterocycles. The van der Waals surface area contributed by atoms with Gasteiger partial charge in [0.15, 0.2) is 5.78 Å². The van der Waals surface area contributed by atoms with E-state index >= 15 is 0 Å². The van der Waals surface area contributed by atoms with E-state index in [1.165, 1.54) is 6.07 Å². The lowest BCUT2D eigenvalue weighted by Crippen LogP contribution is -2.58. The van der Waals surface area contributed by atoms with Crippen LogP contribution in [-0.4, -0.2) is 29.0 Å². The van der Waals surface area contributed by atoms with Crippen molar-refractivity contribution in [2.45, 2.75) is 36.6 Å². The van der Waals surface area contributed by atoms with Gasteiger partial charge < -0.3 is 10.6 Å². The van der Waals surface area contributed by atoms with Crippen LogP contribution in [-0.2, 0) is 9.59 Å². The largest absolute Gasteiger partial charge is 0.352 e. The zero-order valence-electron chi connectivity index (χ0n) is 19.5. The molecule has 1 heterocycles. The average Bonchev–Trinajstić information content (AvgIpc) is 2.89. The monoisotopic (exact) mass is 520 g/mol. The molecule has 1 saturated heterocycles. The van der Waals surface area contributed by atoms with Gasteiger partial charge in [0.2, 0.25) is 11.8 Å². The Bertz CT molecular complexity index is 1280. The van der Waals surface area contributed by atoms with E-state index in [1.54, 1.807) is 36.4 Å². The van der Waals surface area contributed by atoms with Gasteiger partial charge in [-0.1, -0.05) is 72.3 Å². The SMILES string of the molecule is O=C(c1ccccc1)c1cc(Cl)ccc1NC(=O)C1C(=O)NC2CCC(Cl)CC2C1c1ccccc1. The number of ketones is 1. The summed E-state index contributed by atoms with van der Waals surface area (Å²) in [5, 5.41) is 6.34. The number of nitrogens with one attached hydrogen (secondary N) is 2. The molecule has 36 heavy (non-hydrogen) atoms. The summed E-state index contributed by atoms with van der Waals surface area (Å²) in [6, 6.07) is 23.2. The van der Waals surface area contributed by atoms with Crippen LogP contribution in [0.2, 0.25) is 5.02 Å². The molecule has 1 aliphatic carbocycles. The quantitative estimate of drug-likeness (QED) is 0.253. The summed E-state index contributed by atoms with van der Waals surface area (Å²) in [5.41, 5.74) is 2.00. The standard InChI is InChI=1S/C29H26Cl2N2O3/c30-19-11-13-23-21(15-19)25(17-7-3-1-4-8-17)26(28(35)32-23)29(36)33-24-14-12-20(31)16-22(24)27(34)18-9-5-2-6-10-18/h1-10,12,14,16,19,21,23,25-26H,11,13,15H2,(H,32,35)(H,33,36). The number of carbonyl (C=O) groups is 3. The molecule has 7 heteroatoms. The van der Waals surface area contributed by atoms with Crippen molar-refractivity contribution >= 4 is 46.5 Å². The van der Waals surface area contributed by atoms with Crippen LogP contribution in [0.15, 0.2) is 78.9 Å². The molecule has 2 N–H and O–H groups in total. The highest BCUT2D eigenvalue weighted by molar-refractivity contribution is 6.31. The number of carbonyl (C=O) groups excluding carboxylic acids is 3. The van der Waals surface area contributed by atoms with E-state index in [9.17, 15) is 14.4 Å². The van der Waals surface area contributed by atoms with Crippen molar-refractivity contribution in [1.29, 1.82) is 0 Å². The molecule has 3 aromatic rings. The molecule has 2 aliphatic rings. The summed E-state index contributed by atoms with van der Waals surface area (Å²) in [4.78, 5) is 40.4. The maximum atomic E-state index is 13.8. The van der Waals surface area contributed by atoms with Gasteiger partial charge in [0.1, 0.15) is 5.92 Å². The van der Waals surface area contributed by atoms with E-state index in [0.717, 1.165) is 18.4 Å². The molecule has 2 fully saturated rings. The summed E-state index contributed by atoms with van der Waals surface area (Å²) >= 11 is 12.8. The first kappa shape index (κ1) is 24.5. The van der Waals surface area contributed by atoms with Crippen molar-refractivity contribution in [3.63, 3.8) is 0 Å². The summed E-state index contributed by atoms with van der Waals surface area (Å²) in [6.45, 7) is 0. The molecule has 5 rings (SSSR count). The smallest absolute Gasteiger partial charge is 0.237 e. The molecular weight excluding hydrogens is 495 g/mol. The Balaban J connectivity index is 1.49. The first-order chi connectivity index (χ1) is 17.4. The number of piperidine rings is 1. The van der Waals surface area contributed by atoms with Gasteiger partial charge in [-0.25, -0.2) is 0 Å². The lowest BCUT2D eigenvalue weighted by atomic mass is 9.65. The molecule has 0 bridgehead atoms. The number of amides is 2. The molecule has 1 saturated carbocycles. The zero-order chi connectivity index (χ0) is 25.2. The van der Waals surface area contributed by atoms with E-state index in [1.807, 2.05) is 36.4 Å². The van der Waals surface area contributed by atoms with Crippen molar-refractivity contribution in [3.05, 3.63) is 101 Å². The minimum atomic E-state index is -0.967. The predicted molar refractivity (Wildman–Crippen MR) is 142 cm³/mol. The van der Waals surface area contributed by atoms with E-state index in [4.69, 9.17) is 23.2 Å². The number of fused-ring (bicyclic) bond motifs is 1. The highest BCUT2D eigenvalue weighted by atomic mass is 35.5. The first-order valence-electron chi connectivity index (χ1n) is 12.1. The van der Waals surface area contributed by atoms with Gasteiger partial charge in [-0.05, 0) is 48.9 Å². The number of alkyl halides is 1. The minimum Gasteiger partial charge on any atom is -0.352 e. The van der Waals surface area contributed by atoms with Gasteiger partial charge in [-0.15, -0.1) is 11.6 Å². The second kappa shape index (κ2) is 10.5. The third-order valence-corrected chi connectivity index (χ3v) is 7.88. The number of rotatable bonds is 5. The van der Waals surface area contributed by atoms with E-state index < -0.39 is 11.8 Å². The molecule has 0 spiro atoms. The highest BCUT2D eigenvalue weighted by Crippen LogP contribution is 2.45. The van der Waals surface area contributed by atoms with Crippen LogP contribution in [0.5, 0.6) is 0 Å². The number of hydrogen-bond donors (Lipinski definition) is 2. The zero-order valence-corrected chi connectivity index (χ0v) is 21.0. The number of hydrogen-bond acceptors (Lipinski definition) is 3. The average molecular weight is 521 g/mol. The molecule has 0 aromatic heterocycles. The summed E-state index contributed by atoms with van der Waals surface area (Å²) in [6.07, 6.45) is 2.33. The fourth-order valence-electron chi connectivity index (χ4n) is 5.58. The van der Waals surface area contributed by atoms with E-state index in [-0.39, 0.29) is 40.5 Å². The molecule has 5 nitrogen and oxygen atoms in total. The van der Waals surface area contributed by atoms with Gasteiger partial charge >= 0.3 is 0 Å². The van der Waals surface area contributed by atoms with Crippen molar-refractivity contribution in [1.82, 2.24) is 5.32 Å². The second-order valence-corrected chi connectivity index (χ2v) is 10.5. The van der Waals surface area contributed by atoms with Gasteiger partial charge in [-0.3, -0.25) is 14.4 Å². The van der Waals surface area contributed by atoms with Crippen molar-refractivity contribution < 1.29 is 14.4 Å². The topological polar surface area (TPSA) is 75.3 Å². The summed E-state index contributed by atoms with van der Waals surface area (Å²) in [7, 11) is 0. The lowest BCUT2D eigenvalue weighted by molar-refractivity contribution is -0.138. The van der Waals surface area contributed by atoms with Gasteiger partial charge in [0.25, 0.3) is 0 Å². The number of anilines is 1. The highest BCUT2D eigenvalue weighted by Gasteiger charge is 2.49. The van der Waals surface area contributed by atoms with Crippen molar-refractivity contribution in [2.24, 2.45) is 11.8 Å². The Morgan fingerprint density at radius 3 is 2.33 bits per heavy atom. The molecule has 5 atom stereocenters. The predicted octanol–water partition coefficient (Wildman–Crippen LogP) is 5.82. The van der Waals surface area contributed by atoms with Crippen LogP contribution in [0.4, 0.5) is 5.69 Å². The van der Waals surface area contributed by atoms with Crippen LogP contribution >= 0.6 is 23.2 Å². The Morgan fingerprint density at radius 2 is 1.61 bits per heavy atom. The van der Waals surface area contributed by atoms with Gasteiger partial charge in [0, 0.05) is 33.5 Å². The summed E-state index contributed by atoms with van der Waals surface area (Å²) in [5.74, 6) is -2.29. The second-order valence-electron chi connectivity index (χ2n) is 9.48. The molecule has 3 aromatic carbocycles. The molecule has 5 unspecified atom stereocenters. The number of benzene rings is 3. The Morgan fingerprint density at radius 1 is 0.917 bits per heavy atom. The van der Waals surface area contributed by atoms with E-state index in [2.05, 4.69) is 10.6 Å². The van der Waals surface area contributed by atoms with E-state index in [0.29, 0.717) is 22.7 Å². The number of halogens is 2. The van der Waals surface area contributed by atoms with Crippen LogP contribution in [0.3, 0.4) is 0 Å². The molecular formula is C29H26Cl2N2O3. The Kier molecular flexibility index (Phi) is 7.13. The van der Waals surface area contributed by atoms with Crippen LogP contribution in [0.25, 0.3) is 0 Å². The minimum absolute atomic E-state index is 0.00235. The molecule has 2 amide bonds. The van der Waals surface area contributed by atoms with Crippen LogP contribution < -0.4 is 10.6 Å². The third-order valence-electron chi connectivity index (χ3n) is 7.25. The first-order valence-corrected chi connectivity index (χ1v) is 12.9. The van der Waals surface area contributed by atoms with Crippen LogP contribution in [0, 0.1) is 11.8 Å². The maximum absolute atomic E-state index is 13.8. The van der Waals surface area contributed by atoms with Gasteiger partial charge in [-0.2, -0.15) is 0 Å². The Labute approximate surface area is 220 Å². The van der Waals surface area contributed by atoms with Crippen LogP contribution in [0.1, 0.15) is 46.7 Å². The lowest BCUT2D eigenvalue weighted by Gasteiger charge is -2.46. The Hall–Kier alpha value is -3.15. The van der Waals surface area contributed by atoms with Gasteiger partial charge in [0.05, 0.1) is 5.69 Å². The maximum Gasteiger partial charge on any atom is 0.237 e. The molecule has 0 radical (unpaired) electrons. The third kappa shape index (κ3) is 4.91.